The molecule has 0 unspecified atom stereocenters. The molecule has 0 bridgehead atoms. The van der Waals surface area contributed by atoms with Crippen LogP contribution in [0.25, 0.3) is 0 Å². The fourth-order valence-electron chi connectivity index (χ4n) is 2.50. The summed E-state index contributed by atoms with van der Waals surface area (Å²) in [4.78, 5) is 11.8. The number of hydrogen-bond donors (Lipinski definition) is 1. The molecule has 0 spiro atoms. The fraction of sp³-hybridized carbons (Fsp3) is 0.917. The van der Waals surface area contributed by atoms with Gasteiger partial charge in [0.1, 0.15) is 6.10 Å². The Hall–Kier alpha value is -0.570. The Morgan fingerprint density at radius 3 is 2.33 bits per heavy atom. The van der Waals surface area contributed by atoms with Crippen LogP contribution in [0.1, 0.15) is 44.9 Å². The van der Waals surface area contributed by atoms with Crippen molar-refractivity contribution in [1.29, 1.82) is 0 Å². The Labute approximate surface area is 91.6 Å². The molecular weight excluding hydrogens is 190 g/mol. The van der Waals surface area contributed by atoms with E-state index in [9.17, 15) is 4.79 Å². The lowest BCUT2D eigenvalue weighted by molar-refractivity contribution is -0.156. The minimum atomic E-state index is 0.0587. The van der Waals surface area contributed by atoms with Gasteiger partial charge in [-0.25, -0.2) is 0 Å². The number of carbonyl (C=O) groups excluding carboxylic acids is 1. The molecule has 0 radical (unpaired) electrons. The van der Waals surface area contributed by atoms with Gasteiger partial charge in [0.15, 0.2) is 0 Å². The largest absolute Gasteiger partial charge is 0.462 e. The Morgan fingerprint density at radius 2 is 1.67 bits per heavy atom. The molecule has 0 atom stereocenters. The molecule has 2 aliphatic rings. The van der Waals surface area contributed by atoms with Crippen LogP contribution >= 0.6 is 0 Å². The van der Waals surface area contributed by atoms with Crippen LogP contribution in [0.3, 0.4) is 0 Å². The summed E-state index contributed by atoms with van der Waals surface area (Å²) in [5, 5.41) is 3.27. The molecule has 0 amide bonds. The van der Waals surface area contributed by atoms with Gasteiger partial charge in [-0.3, -0.25) is 4.79 Å². The first-order valence-corrected chi connectivity index (χ1v) is 6.27. The number of carbonyl (C=O) groups is 1. The van der Waals surface area contributed by atoms with Gasteiger partial charge in [0.25, 0.3) is 0 Å². The number of ether oxygens (including phenoxy) is 1. The zero-order valence-electron chi connectivity index (χ0n) is 9.34. The number of hydrogen-bond acceptors (Lipinski definition) is 3. The molecule has 2 fully saturated rings. The summed E-state index contributed by atoms with van der Waals surface area (Å²) >= 11 is 0. The molecule has 3 nitrogen and oxygen atoms in total. The summed E-state index contributed by atoms with van der Waals surface area (Å²) < 4.78 is 5.56. The van der Waals surface area contributed by atoms with E-state index >= 15 is 0 Å². The van der Waals surface area contributed by atoms with E-state index in [1.807, 2.05) is 0 Å². The molecule has 1 saturated heterocycles. The lowest BCUT2D eigenvalue weighted by Gasteiger charge is -2.26. The lowest BCUT2D eigenvalue weighted by Crippen LogP contribution is -2.34. The highest BCUT2D eigenvalue weighted by molar-refractivity contribution is 5.72. The van der Waals surface area contributed by atoms with Crippen LogP contribution in [0.15, 0.2) is 0 Å². The van der Waals surface area contributed by atoms with Crippen molar-refractivity contribution < 1.29 is 9.53 Å². The van der Waals surface area contributed by atoms with Crippen LogP contribution in [0, 0.1) is 5.92 Å². The third kappa shape index (κ3) is 3.20. The van der Waals surface area contributed by atoms with Crippen molar-refractivity contribution in [3.8, 4) is 0 Å². The van der Waals surface area contributed by atoms with Gasteiger partial charge in [0.05, 0.1) is 5.92 Å². The molecule has 2 rings (SSSR count). The molecule has 0 aromatic rings. The third-order valence-electron chi connectivity index (χ3n) is 3.51. The van der Waals surface area contributed by atoms with Crippen LogP contribution in [-0.4, -0.2) is 25.2 Å². The Kier molecular flexibility index (Phi) is 4.01. The summed E-state index contributed by atoms with van der Waals surface area (Å²) in [5.41, 5.74) is 0. The second-order valence-electron chi connectivity index (χ2n) is 4.72. The van der Waals surface area contributed by atoms with Crippen LogP contribution in [0.2, 0.25) is 0 Å². The molecular formula is C12H21NO2. The molecule has 15 heavy (non-hydrogen) atoms. The average Bonchev–Trinajstić information content (AvgIpc) is 2.31. The number of piperidine rings is 1. The number of esters is 1. The van der Waals surface area contributed by atoms with Crippen LogP contribution < -0.4 is 5.32 Å². The molecule has 1 aliphatic carbocycles. The van der Waals surface area contributed by atoms with Crippen molar-refractivity contribution in [2.45, 2.75) is 51.0 Å². The summed E-state index contributed by atoms with van der Waals surface area (Å²) in [6.07, 6.45) is 8.04. The van der Waals surface area contributed by atoms with Crippen molar-refractivity contribution in [1.82, 2.24) is 5.32 Å². The first kappa shape index (κ1) is 10.9. The minimum Gasteiger partial charge on any atom is -0.462 e. The first-order valence-electron chi connectivity index (χ1n) is 6.27. The molecule has 0 aromatic heterocycles. The van der Waals surface area contributed by atoms with Gasteiger partial charge in [0, 0.05) is 0 Å². The highest BCUT2D eigenvalue weighted by atomic mass is 16.5. The number of nitrogens with one attached hydrogen (secondary N) is 1. The van der Waals surface area contributed by atoms with Gasteiger partial charge in [-0.15, -0.1) is 0 Å². The summed E-state index contributed by atoms with van der Waals surface area (Å²) in [6, 6.07) is 0. The third-order valence-corrected chi connectivity index (χ3v) is 3.51. The normalized spacial score (nSPS) is 25.1. The van der Waals surface area contributed by atoms with Crippen molar-refractivity contribution in [2.75, 3.05) is 13.1 Å². The first-order chi connectivity index (χ1) is 7.36. The zero-order chi connectivity index (χ0) is 10.5. The van der Waals surface area contributed by atoms with E-state index < -0.39 is 0 Å². The van der Waals surface area contributed by atoms with E-state index in [-0.39, 0.29) is 18.0 Å². The minimum absolute atomic E-state index is 0.0587. The molecule has 3 heteroatoms. The zero-order valence-corrected chi connectivity index (χ0v) is 9.34. The van der Waals surface area contributed by atoms with Crippen molar-refractivity contribution in [3.05, 3.63) is 0 Å². The highest BCUT2D eigenvalue weighted by Gasteiger charge is 2.25. The topological polar surface area (TPSA) is 38.3 Å². The Balaban J connectivity index is 1.74. The standard InChI is InChI=1S/C12H21NO2/c14-12(10-6-8-13-9-7-10)15-11-4-2-1-3-5-11/h10-11,13H,1-9H2. The fourth-order valence-corrected chi connectivity index (χ4v) is 2.50. The van der Waals surface area contributed by atoms with E-state index in [0.717, 1.165) is 38.8 Å². The molecule has 1 N–H and O–H groups in total. The Morgan fingerprint density at radius 1 is 1.00 bits per heavy atom. The predicted molar refractivity (Wildman–Crippen MR) is 58.6 cm³/mol. The van der Waals surface area contributed by atoms with E-state index in [4.69, 9.17) is 4.74 Å². The number of rotatable bonds is 2. The highest BCUT2D eigenvalue weighted by Crippen LogP contribution is 2.23. The SMILES string of the molecule is O=C(OC1CCCCC1)C1CCNCC1. The second kappa shape index (κ2) is 5.50. The van der Waals surface area contributed by atoms with Gasteiger partial charge in [-0.05, 0) is 51.6 Å². The van der Waals surface area contributed by atoms with Gasteiger partial charge in [0.2, 0.25) is 0 Å². The maximum Gasteiger partial charge on any atom is 0.309 e. The van der Waals surface area contributed by atoms with Gasteiger partial charge < -0.3 is 10.1 Å². The van der Waals surface area contributed by atoms with Crippen LogP contribution in [0.5, 0.6) is 0 Å². The smallest absolute Gasteiger partial charge is 0.309 e. The lowest BCUT2D eigenvalue weighted by atomic mass is 9.96. The van der Waals surface area contributed by atoms with Gasteiger partial charge in [-0.1, -0.05) is 6.42 Å². The Bertz CT molecular complexity index is 206. The summed E-state index contributed by atoms with van der Waals surface area (Å²) in [7, 11) is 0. The van der Waals surface area contributed by atoms with E-state index in [1.165, 1.54) is 19.3 Å². The van der Waals surface area contributed by atoms with Crippen molar-refractivity contribution >= 4 is 5.97 Å². The molecule has 0 aromatic carbocycles. The molecule has 1 saturated carbocycles. The monoisotopic (exact) mass is 211 g/mol. The quantitative estimate of drug-likeness (QED) is 0.709. The molecule has 86 valence electrons. The summed E-state index contributed by atoms with van der Waals surface area (Å²) in [5.74, 6) is 0.219. The maximum atomic E-state index is 11.8. The van der Waals surface area contributed by atoms with E-state index in [0.29, 0.717) is 0 Å². The molecule has 1 heterocycles. The van der Waals surface area contributed by atoms with Crippen LogP contribution in [-0.2, 0) is 9.53 Å². The van der Waals surface area contributed by atoms with E-state index in [1.54, 1.807) is 0 Å². The van der Waals surface area contributed by atoms with E-state index in [2.05, 4.69) is 5.32 Å². The van der Waals surface area contributed by atoms with Crippen LogP contribution in [0.4, 0.5) is 0 Å². The van der Waals surface area contributed by atoms with Crippen molar-refractivity contribution in [3.63, 3.8) is 0 Å². The van der Waals surface area contributed by atoms with Crippen molar-refractivity contribution in [2.24, 2.45) is 5.92 Å². The second-order valence-corrected chi connectivity index (χ2v) is 4.72. The predicted octanol–water partition coefficient (Wildman–Crippen LogP) is 1.86. The van der Waals surface area contributed by atoms with Gasteiger partial charge in [-0.2, -0.15) is 0 Å². The summed E-state index contributed by atoms with van der Waals surface area (Å²) in [6.45, 7) is 1.93. The molecule has 1 aliphatic heterocycles. The maximum absolute atomic E-state index is 11.8. The average molecular weight is 211 g/mol. The van der Waals surface area contributed by atoms with Gasteiger partial charge >= 0.3 is 5.97 Å².